The first-order valence-electron chi connectivity index (χ1n) is 4.90. The number of non-ortho nitro benzene ring substituents is 1. The minimum atomic E-state index is -0.379. The summed E-state index contributed by atoms with van der Waals surface area (Å²) in [6.07, 6.45) is 0. The Hall–Kier alpha value is -2.16. The van der Waals surface area contributed by atoms with Crippen LogP contribution < -0.4 is 0 Å². The largest absolute Gasteiger partial charge is 0.269 e. The van der Waals surface area contributed by atoms with Crippen molar-refractivity contribution in [2.24, 2.45) is 0 Å². The van der Waals surface area contributed by atoms with Crippen LogP contribution in [0.3, 0.4) is 0 Å². The minimum absolute atomic E-state index is 0.128. The van der Waals surface area contributed by atoms with Crippen LogP contribution in [-0.4, -0.2) is 4.92 Å². The summed E-state index contributed by atoms with van der Waals surface area (Å²) in [7, 11) is 0. The monoisotopic (exact) mass is 212 g/mol. The van der Waals surface area contributed by atoms with Crippen LogP contribution in [0.15, 0.2) is 42.5 Å². The number of nitrogens with zero attached hydrogens (tertiary/aromatic N) is 1. The van der Waals surface area contributed by atoms with Crippen LogP contribution in [0.2, 0.25) is 0 Å². The molecule has 2 rings (SSSR count). The normalized spacial score (nSPS) is 10.1. The third-order valence-electron chi connectivity index (χ3n) is 2.45. The molecule has 0 bridgehead atoms. The van der Waals surface area contributed by atoms with E-state index in [4.69, 9.17) is 0 Å². The van der Waals surface area contributed by atoms with Crippen molar-refractivity contribution in [1.29, 1.82) is 0 Å². The topological polar surface area (TPSA) is 43.1 Å². The predicted molar refractivity (Wildman–Crippen MR) is 62.1 cm³/mol. The van der Waals surface area contributed by atoms with Crippen LogP contribution in [0, 0.1) is 23.1 Å². The maximum atomic E-state index is 10.6. The fourth-order valence-corrected chi connectivity index (χ4v) is 1.65. The zero-order valence-corrected chi connectivity index (χ0v) is 8.81. The van der Waals surface area contributed by atoms with Gasteiger partial charge in [0.2, 0.25) is 0 Å². The Morgan fingerprint density at radius 3 is 2.44 bits per heavy atom. The van der Waals surface area contributed by atoms with E-state index < -0.39 is 0 Å². The molecule has 0 spiro atoms. The van der Waals surface area contributed by atoms with Gasteiger partial charge in [-0.15, -0.1) is 0 Å². The quantitative estimate of drug-likeness (QED) is 0.565. The zero-order chi connectivity index (χ0) is 11.5. The highest BCUT2D eigenvalue weighted by atomic mass is 16.6. The van der Waals surface area contributed by atoms with Gasteiger partial charge < -0.3 is 0 Å². The molecule has 0 N–H and O–H groups in total. The molecule has 0 atom stereocenters. The summed E-state index contributed by atoms with van der Waals surface area (Å²) in [6, 6.07) is 15.4. The van der Waals surface area contributed by atoms with Crippen molar-refractivity contribution in [2.75, 3.05) is 0 Å². The van der Waals surface area contributed by atoms with Crippen LogP contribution in [0.4, 0.5) is 5.69 Å². The van der Waals surface area contributed by atoms with Crippen molar-refractivity contribution >= 4 is 5.69 Å². The first kappa shape index (κ1) is 10.4. The predicted octanol–water partition coefficient (Wildman–Crippen LogP) is 3.37. The summed E-state index contributed by atoms with van der Waals surface area (Å²) < 4.78 is 0. The molecule has 0 fully saturated rings. The van der Waals surface area contributed by atoms with E-state index in [2.05, 4.69) is 6.07 Å². The molecule has 0 aliphatic heterocycles. The molecular formula is C13H10NO2. The van der Waals surface area contributed by atoms with Gasteiger partial charge in [-0.25, -0.2) is 0 Å². The van der Waals surface area contributed by atoms with Crippen molar-refractivity contribution in [2.45, 2.75) is 6.92 Å². The highest BCUT2D eigenvalue weighted by molar-refractivity contribution is 5.68. The third-order valence-corrected chi connectivity index (χ3v) is 2.45. The van der Waals surface area contributed by atoms with Crippen LogP contribution in [0.5, 0.6) is 0 Å². The number of hydrogen-bond donors (Lipinski definition) is 0. The third kappa shape index (κ3) is 1.93. The lowest BCUT2D eigenvalue weighted by molar-refractivity contribution is -0.384. The Kier molecular flexibility index (Phi) is 2.68. The Balaban J connectivity index is 2.48. The van der Waals surface area contributed by atoms with E-state index in [-0.39, 0.29) is 10.6 Å². The van der Waals surface area contributed by atoms with Crippen molar-refractivity contribution in [3.05, 3.63) is 64.2 Å². The van der Waals surface area contributed by atoms with Gasteiger partial charge in [0, 0.05) is 12.1 Å². The molecule has 1 radical (unpaired) electrons. The average molecular weight is 212 g/mol. The van der Waals surface area contributed by atoms with Gasteiger partial charge in [-0.2, -0.15) is 0 Å². The highest BCUT2D eigenvalue weighted by Crippen LogP contribution is 2.26. The molecule has 0 aromatic heterocycles. The first-order valence-corrected chi connectivity index (χ1v) is 4.90. The fourth-order valence-electron chi connectivity index (χ4n) is 1.65. The zero-order valence-electron chi connectivity index (χ0n) is 8.81. The van der Waals surface area contributed by atoms with Crippen LogP contribution in [0.1, 0.15) is 5.56 Å². The number of nitro benzene ring substituents is 1. The summed E-state index contributed by atoms with van der Waals surface area (Å²) in [5.41, 5.74) is 3.09. The SMILES string of the molecule is Cc1cc([N+](=O)[O-])ccc1-c1cc[c]cc1. The van der Waals surface area contributed by atoms with Crippen molar-refractivity contribution < 1.29 is 4.92 Å². The number of hydrogen-bond acceptors (Lipinski definition) is 2. The van der Waals surface area contributed by atoms with Crippen molar-refractivity contribution in [1.82, 2.24) is 0 Å². The standard InChI is InChI=1S/C13H10NO2/c1-10-9-12(14(15)16)7-8-13(10)11-5-3-2-4-6-11/h3-9H,1H3. The molecule has 79 valence electrons. The number of rotatable bonds is 2. The maximum Gasteiger partial charge on any atom is 0.269 e. The molecule has 3 nitrogen and oxygen atoms in total. The summed E-state index contributed by atoms with van der Waals surface area (Å²) >= 11 is 0. The van der Waals surface area contributed by atoms with Crippen LogP contribution in [0.25, 0.3) is 11.1 Å². The summed E-state index contributed by atoms with van der Waals surface area (Å²) in [5, 5.41) is 10.6. The minimum Gasteiger partial charge on any atom is -0.258 e. The Morgan fingerprint density at radius 1 is 1.19 bits per heavy atom. The van der Waals surface area contributed by atoms with E-state index in [1.807, 2.05) is 31.2 Å². The van der Waals surface area contributed by atoms with Crippen molar-refractivity contribution in [3.8, 4) is 11.1 Å². The lowest BCUT2D eigenvalue weighted by Gasteiger charge is -2.05. The molecule has 2 aromatic carbocycles. The molecule has 0 aliphatic rings. The van der Waals surface area contributed by atoms with Gasteiger partial charge in [0.05, 0.1) is 4.92 Å². The Morgan fingerprint density at radius 2 is 1.88 bits per heavy atom. The number of aryl methyl sites for hydroxylation is 1. The molecule has 0 heterocycles. The molecule has 16 heavy (non-hydrogen) atoms. The van der Waals surface area contributed by atoms with Gasteiger partial charge in [-0.3, -0.25) is 10.1 Å². The van der Waals surface area contributed by atoms with Crippen LogP contribution in [-0.2, 0) is 0 Å². The van der Waals surface area contributed by atoms with Gasteiger partial charge in [0.25, 0.3) is 5.69 Å². The molecular weight excluding hydrogens is 202 g/mol. The molecule has 0 saturated heterocycles. The van der Waals surface area contributed by atoms with Gasteiger partial charge in [-0.1, -0.05) is 24.3 Å². The lowest BCUT2D eigenvalue weighted by atomic mass is 10.0. The Bertz CT molecular complexity index is 521. The smallest absolute Gasteiger partial charge is 0.258 e. The molecule has 0 amide bonds. The Labute approximate surface area is 93.5 Å². The maximum absolute atomic E-state index is 10.6. The van der Waals surface area contributed by atoms with Gasteiger partial charge in [0.15, 0.2) is 0 Å². The van der Waals surface area contributed by atoms with Gasteiger partial charge in [0.1, 0.15) is 0 Å². The van der Waals surface area contributed by atoms with E-state index >= 15 is 0 Å². The van der Waals surface area contributed by atoms with E-state index in [9.17, 15) is 10.1 Å². The second-order valence-corrected chi connectivity index (χ2v) is 3.55. The van der Waals surface area contributed by atoms with E-state index in [0.717, 1.165) is 16.7 Å². The van der Waals surface area contributed by atoms with Gasteiger partial charge >= 0.3 is 0 Å². The molecule has 0 aliphatic carbocycles. The van der Waals surface area contributed by atoms with E-state index in [1.54, 1.807) is 12.1 Å². The highest BCUT2D eigenvalue weighted by Gasteiger charge is 2.08. The fraction of sp³-hybridized carbons (Fsp3) is 0.0769. The molecule has 3 heteroatoms. The van der Waals surface area contributed by atoms with Crippen molar-refractivity contribution in [3.63, 3.8) is 0 Å². The van der Waals surface area contributed by atoms with E-state index in [1.165, 1.54) is 6.07 Å². The molecule has 0 unspecified atom stereocenters. The molecule has 2 aromatic rings. The number of nitro groups is 1. The first-order chi connectivity index (χ1) is 7.68. The van der Waals surface area contributed by atoms with E-state index in [0.29, 0.717) is 0 Å². The average Bonchev–Trinajstić information content (AvgIpc) is 2.30. The lowest BCUT2D eigenvalue weighted by Crippen LogP contribution is -1.90. The summed E-state index contributed by atoms with van der Waals surface area (Å²) in [5.74, 6) is 0. The second kappa shape index (κ2) is 4.14. The summed E-state index contributed by atoms with van der Waals surface area (Å²) in [4.78, 5) is 10.2. The molecule has 0 saturated carbocycles. The van der Waals surface area contributed by atoms with Gasteiger partial charge in [-0.05, 0) is 35.7 Å². The number of benzene rings is 2. The van der Waals surface area contributed by atoms with Crippen LogP contribution >= 0.6 is 0 Å². The second-order valence-electron chi connectivity index (χ2n) is 3.55. The summed E-state index contributed by atoms with van der Waals surface area (Å²) in [6.45, 7) is 1.87.